The van der Waals surface area contributed by atoms with E-state index in [4.69, 9.17) is 5.84 Å². The molecule has 0 aliphatic heterocycles. The molecule has 0 saturated heterocycles. The van der Waals surface area contributed by atoms with Gasteiger partial charge in [-0.3, -0.25) is 15.5 Å². The number of amides is 2. The highest BCUT2D eigenvalue weighted by Gasteiger charge is 2.11. The summed E-state index contributed by atoms with van der Waals surface area (Å²) in [5.74, 6) is 4.40. The highest BCUT2D eigenvalue weighted by atomic mass is 32.1. The first kappa shape index (κ1) is 11.4. The summed E-state index contributed by atoms with van der Waals surface area (Å²) in [6.45, 7) is 1.96. The molecule has 0 unspecified atom stereocenters. The number of hydrogen-bond donors (Lipinski definition) is 3. The summed E-state index contributed by atoms with van der Waals surface area (Å²) < 4.78 is 4.63. The SMILES string of the molecule is CCOC(=O)Nc1nc(C(=O)NN)cs1. The lowest BCUT2D eigenvalue weighted by Gasteiger charge is -2.00. The molecule has 7 nitrogen and oxygen atoms in total. The van der Waals surface area contributed by atoms with Crippen molar-refractivity contribution in [1.29, 1.82) is 0 Å². The maximum atomic E-state index is 11.0. The number of aromatic nitrogens is 1. The molecule has 0 aromatic carbocycles. The van der Waals surface area contributed by atoms with E-state index >= 15 is 0 Å². The number of hydrogen-bond acceptors (Lipinski definition) is 6. The Balaban J connectivity index is 2.60. The second-order valence-electron chi connectivity index (χ2n) is 2.36. The predicted octanol–water partition coefficient (Wildman–Crippen LogP) is 0.315. The van der Waals surface area contributed by atoms with E-state index in [1.807, 2.05) is 5.43 Å². The minimum Gasteiger partial charge on any atom is -0.450 e. The summed E-state index contributed by atoms with van der Waals surface area (Å²) in [5, 5.41) is 4.13. The highest BCUT2D eigenvalue weighted by Crippen LogP contribution is 2.15. The molecule has 4 N–H and O–H groups in total. The molecule has 1 aromatic rings. The van der Waals surface area contributed by atoms with Crippen molar-refractivity contribution in [1.82, 2.24) is 10.4 Å². The van der Waals surface area contributed by atoms with E-state index in [0.29, 0.717) is 0 Å². The first-order valence-electron chi connectivity index (χ1n) is 4.07. The molecule has 0 aliphatic carbocycles. The van der Waals surface area contributed by atoms with Crippen LogP contribution in [0.2, 0.25) is 0 Å². The van der Waals surface area contributed by atoms with E-state index < -0.39 is 12.0 Å². The molecular formula is C7H10N4O3S. The Morgan fingerprint density at radius 2 is 2.40 bits per heavy atom. The lowest BCUT2D eigenvalue weighted by molar-refractivity contribution is 0.0949. The molecule has 0 fully saturated rings. The van der Waals surface area contributed by atoms with Gasteiger partial charge in [0.2, 0.25) is 0 Å². The largest absolute Gasteiger partial charge is 0.450 e. The Labute approximate surface area is 89.6 Å². The average Bonchev–Trinajstić information content (AvgIpc) is 2.65. The molecule has 0 bridgehead atoms. The molecule has 82 valence electrons. The van der Waals surface area contributed by atoms with Gasteiger partial charge in [-0.05, 0) is 6.92 Å². The van der Waals surface area contributed by atoms with Gasteiger partial charge in [-0.2, -0.15) is 0 Å². The van der Waals surface area contributed by atoms with Crippen LogP contribution in [0.15, 0.2) is 5.38 Å². The fourth-order valence-electron chi connectivity index (χ4n) is 0.764. The Bertz CT molecular complexity index is 365. The van der Waals surface area contributed by atoms with Crippen molar-refractivity contribution in [3.8, 4) is 0 Å². The van der Waals surface area contributed by atoms with Crippen molar-refractivity contribution in [3.63, 3.8) is 0 Å². The quantitative estimate of drug-likeness (QED) is 0.393. The summed E-state index contributed by atoms with van der Waals surface area (Å²) in [5.41, 5.74) is 2.08. The van der Waals surface area contributed by atoms with Gasteiger partial charge in [-0.15, -0.1) is 11.3 Å². The average molecular weight is 230 g/mol. The van der Waals surface area contributed by atoms with E-state index in [9.17, 15) is 9.59 Å². The van der Waals surface area contributed by atoms with Crippen molar-refractivity contribution < 1.29 is 14.3 Å². The van der Waals surface area contributed by atoms with Crippen LogP contribution >= 0.6 is 11.3 Å². The van der Waals surface area contributed by atoms with Gasteiger partial charge in [0.15, 0.2) is 5.13 Å². The van der Waals surface area contributed by atoms with Gasteiger partial charge in [0.25, 0.3) is 5.91 Å². The zero-order valence-corrected chi connectivity index (χ0v) is 8.76. The van der Waals surface area contributed by atoms with E-state index in [2.05, 4.69) is 15.0 Å². The van der Waals surface area contributed by atoms with Crippen LogP contribution in [0.5, 0.6) is 0 Å². The Morgan fingerprint density at radius 3 is 3.00 bits per heavy atom. The predicted molar refractivity (Wildman–Crippen MR) is 54.4 cm³/mol. The summed E-state index contributed by atoms with van der Waals surface area (Å²) >= 11 is 1.11. The zero-order valence-electron chi connectivity index (χ0n) is 7.94. The van der Waals surface area contributed by atoms with Crippen molar-refractivity contribution in [2.24, 2.45) is 5.84 Å². The van der Waals surface area contributed by atoms with E-state index in [1.54, 1.807) is 6.92 Å². The summed E-state index contributed by atoms with van der Waals surface area (Å²) in [6.07, 6.45) is -0.605. The second-order valence-corrected chi connectivity index (χ2v) is 3.21. The second kappa shape index (κ2) is 5.27. The fraction of sp³-hybridized carbons (Fsp3) is 0.286. The van der Waals surface area contributed by atoms with Gasteiger partial charge in [0.1, 0.15) is 5.69 Å². The third-order valence-electron chi connectivity index (χ3n) is 1.35. The molecule has 0 atom stereocenters. The molecule has 0 radical (unpaired) electrons. The standard InChI is InChI=1S/C7H10N4O3S/c1-2-14-7(13)10-6-9-4(3-15-6)5(12)11-8/h3H,2,8H2,1H3,(H,11,12)(H,9,10,13). The van der Waals surface area contributed by atoms with Crippen LogP contribution in [0.4, 0.5) is 9.93 Å². The molecule has 0 saturated carbocycles. The van der Waals surface area contributed by atoms with Gasteiger partial charge in [-0.1, -0.05) is 0 Å². The number of ether oxygens (including phenoxy) is 1. The van der Waals surface area contributed by atoms with Crippen molar-refractivity contribution in [2.75, 3.05) is 11.9 Å². The zero-order chi connectivity index (χ0) is 11.3. The molecule has 8 heteroatoms. The van der Waals surface area contributed by atoms with Crippen LogP contribution in [-0.2, 0) is 4.74 Å². The highest BCUT2D eigenvalue weighted by molar-refractivity contribution is 7.14. The van der Waals surface area contributed by atoms with Gasteiger partial charge >= 0.3 is 6.09 Å². The lowest BCUT2D eigenvalue weighted by Crippen LogP contribution is -2.30. The van der Waals surface area contributed by atoms with E-state index in [-0.39, 0.29) is 17.4 Å². The van der Waals surface area contributed by atoms with Crippen molar-refractivity contribution in [3.05, 3.63) is 11.1 Å². The third-order valence-corrected chi connectivity index (χ3v) is 2.11. The van der Waals surface area contributed by atoms with Crippen LogP contribution in [0.3, 0.4) is 0 Å². The normalized spacial score (nSPS) is 9.47. The number of carbonyl (C=O) groups is 2. The molecule has 2 amide bonds. The maximum Gasteiger partial charge on any atom is 0.413 e. The maximum absolute atomic E-state index is 11.0. The van der Waals surface area contributed by atoms with Crippen LogP contribution < -0.4 is 16.6 Å². The number of carbonyl (C=O) groups excluding carboxylic acids is 2. The molecule has 0 aliphatic rings. The first-order valence-corrected chi connectivity index (χ1v) is 4.95. The first-order chi connectivity index (χ1) is 7.17. The smallest absolute Gasteiger partial charge is 0.413 e. The summed E-state index contributed by atoms with van der Waals surface area (Å²) in [4.78, 5) is 25.8. The number of nitrogens with two attached hydrogens (primary N) is 1. The van der Waals surface area contributed by atoms with Crippen molar-refractivity contribution >= 4 is 28.5 Å². The van der Waals surface area contributed by atoms with Crippen LogP contribution in [0.25, 0.3) is 0 Å². The Kier molecular flexibility index (Phi) is 4.01. The number of hydrazine groups is 1. The molecule has 1 heterocycles. The number of anilines is 1. The van der Waals surface area contributed by atoms with Gasteiger partial charge in [0.05, 0.1) is 6.61 Å². The fourth-order valence-corrected chi connectivity index (χ4v) is 1.44. The molecule has 15 heavy (non-hydrogen) atoms. The molecular weight excluding hydrogens is 220 g/mol. The van der Waals surface area contributed by atoms with Crippen LogP contribution in [-0.4, -0.2) is 23.6 Å². The number of nitrogen functional groups attached to an aromatic ring is 1. The lowest BCUT2D eigenvalue weighted by atomic mass is 10.5. The van der Waals surface area contributed by atoms with Gasteiger partial charge in [0, 0.05) is 5.38 Å². The summed E-state index contributed by atoms with van der Waals surface area (Å²) in [6, 6.07) is 0. The van der Waals surface area contributed by atoms with Crippen LogP contribution in [0.1, 0.15) is 17.4 Å². The Hall–Kier alpha value is -1.67. The summed E-state index contributed by atoms with van der Waals surface area (Å²) in [7, 11) is 0. The number of rotatable bonds is 3. The third kappa shape index (κ3) is 3.18. The van der Waals surface area contributed by atoms with Gasteiger partial charge in [-0.25, -0.2) is 15.6 Å². The minimum absolute atomic E-state index is 0.147. The van der Waals surface area contributed by atoms with E-state index in [0.717, 1.165) is 11.3 Å². The minimum atomic E-state index is -0.605. The van der Waals surface area contributed by atoms with E-state index in [1.165, 1.54) is 5.38 Å². The number of thiazole rings is 1. The number of nitrogens with one attached hydrogen (secondary N) is 2. The molecule has 1 rings (SSSR count). The van der Waals surface area contributed by atoms with Crippen molar-refractivity contribution in [2.45, 2.75) is 6.92 Å². The number of nitrogens with zero attached hydrogens (tertiary/aromatic N) is 1. The van der Waals surface area contributed by atoms with Gasteiger partial charge < -0.3 is 4.74 Å². The van der Waals surface area contributed by atoms with Crippen LogP contribution in [0, 0.1) is 0 Å². The molecule has 0 spiro atoms. The topological polar surface area (TPSA) is 106 Å². The monoisotopic (exact) mass is 230 g/mol. The Morgan fingerprint density at radius 1 is 1.67 bits per heavy atom. The molecule has 1 aromatic heterocycles.